The average Bonchev–Trinajstić information content (AvgIpc) is 2.96. The molecule has 0 N–H and O–H groups in total. The smallest absolute Gasteiger partial charge is 0.343 e. The second-order valence-corrected chi connectivity index (χ2v) is 10.3. The molecule has 0 aliphatic heterocycles. The zero-order chi connectivity index (χ0) is 28.0. The summed E-state index contributed by atoms with van der Waals surface area (Å²) < 4.78 is 16.7. The Morgan fingerprint density at radius 3 is 2.05 bits per heavy atom. The van der Waals surface area contributed by atoms with E-state index in [1.807, 2.05) is 37.3 Å². The molecule has 0 amide bonds. The molecule has 3 aromatic carbocycles. The fraction of sp³-hybridized carbons (Fsp3) is 0.394. The molecule has 0 unspecified atom stereocenters. The minimum absolute atomic E-state index is 0.311. The Morgan fingerprint density at radius 2 is 1.38 bits per heavy atom. The molecular formula is C33H39ClO5. The van der Waals surface area contributed by atoms with Crippen LogP contribution in [0.3, 0.4) is 0 Å². The highest BCUT2D eigenvalue weighted by Gasteiger charge is 2.13. The Labute approximate surface area is 237 Å². The van der Waals surface area contributed by atoms with Gasteiger partial charge < -0.3 is 14.2 Å². The van der Waals surface area contributed by atoms with Crippen molar-refractivity contribution in [3.8, 4) is 22.6 Å². The maximum Gasteiger partial charge on any atom is 0.343 e. The summed E-state index contributed by atoms with van der Waals surface area (Å²) in [7, 11) is 0. The summed E-state index contributed by atoms with van der Waals surface area (Å²) in [6.45, 7) is 7.34. The highest BCUT2D eigenvalue weighted by Crippen LogP contribution is 2.31. The lowest BCUT2D eigenvalue weighted by atomic mass is 10.0. The third-order valence-corrected chi connectivity index (χ3v) is 6.93. The lowest BCUT2D eigenvalue weighted by Crippen LogP contribution is -2.12. The minimum Gasteiger partial charge on any atom is -0.492 e. The zero-order valence-corrected chi connectivity index (χ0v) is 24.0. The maximum atomic E-state index is 12.6. The summed E-state index contributed by atoms with van der Waals surface area (Å²) in [6.07, 6.45) is 8.21. The molecule has 0 heterocycles. The topological polar surface area (TPSA) is 61.8 Å². The Kier molecular flexibility index (Phi) is 12.4. The number of benzene rings is 3. The van der Waals surface area contributed by atoms with E-state index in [0.29, 0.717) is 46.8 Å². The third-order valence-electron chi connectivity index (χ3n) is 6.64. The molecule has 5 nitrogen and oxygen atoms in total. The van der Waals surface area contributed by atoms with Gasteiger partial charge in [-0.05, 0) is 72.0 Å². The van der Waals surface area contributed by atoms with Crippen LogP contribution in [-0.4, -0.2) is 25.2 Å². The van der Waals surface area contributed by atoms with Crippen molar-refractivity contribution in [2.45, 2.75) is 65.7 Å². The van der Waals surface area contributed by atoms with E-state index in [1.165, 1.54) is 32.1 Å². The van der Waals surface area contributed by atoms with Crippen LogP contribution in [0.25, 0.3) is 11.1 Å². The molecule has 3 rings (SSSR count). The van der Waals surface area contributed by atoms with Crippen molar-refractivity contribution in [3.05, 3.63) is 82.9 Å². The van der Waals surface area contributed by atoms with Gasteiger partial charge in [-0.3, -0.25) is 0 Å². The van der Waals surface area contributed by atoms with E-state index >= 15 is 0 Å². The second-order valence-electron chi connectivity index (χ2n) is 9.86. The number of halogens is 1. The first kappa shape index (κ1) is 30.2. The van der Waals surface area contributed by atoms with E-state index in [9.17, 15) is 9.59 Å². The number of unbranched alkanes of at least 4 members (excludes halogenated alkanes) is 5. The summed E-state index contributed by atoms with van der Waals surface area (Å²) in [5.74, 6) is 0.479. The van der Waals surface area contributed by atoms with Gasteiger partial charge in [0.05, 0.1) is 29.4 Å². The Balaban J connectivity index is 1.51. The second kappa shape index (κ2) is 15.9. The Bertz CT molecular complexity index is 1190. The molecule has 0 aliphatic carbocycles. The quantitative estimate of drug-likeness (QED) is 0.107. The molecule has 0 radical (unpaired) electrons. The average molecular weight is 551 g/mol. The van der Waals surface area contributed by atoms with Gasteiger partial charge in [-0.15, -0.1) is 0 Å². The van der Waals surface area contributed by atoms with Crippen LogP contribution in [0.1, 0.15) is 86.4 Å². The van der Waals surface area contributed by atoms with Gasteiger partial charge in [0.15, 0.2) is 0 Å². The summed E-state index contributed by atoms with van der Waals surface area (Å²) in [5.41, 5.74) is 2.69. The molecule has 39 heavy (non-hydrogen) atoms. The van der Waals surface area contributed by atoms with Crippen LogP contribution in [0.4, 0.5) is 0 Å². The number of esters is 2. The molecule has 208 valence electrons. The van der Waals surface area contributed by atoms with Crippen LogP contribution < -0.4 is 9.47 Å². The molecule has 3 aromatic rings. The summed E-state index contributed by atoms with van der Waals surface area (Å²) >= 11 is 6.47. The van der Waals surface area contributed by atoms with Gasteiger partial charge in [0.2, 0.25) is 0 Å². The SMILES string of the molecule is CCCCCCCCOc1ccc(-c2ccc(C(=O)Oc3ccc(C(=O)OC[C@@H](C)CC)cc3)cc2)cc1Cl. The van der Waals surface area contributed by atoms with E-state index in [1.54, 1.807) is 36.4 Å². The van der Waals surface area contributed by atoms with Crippen LogP contribution >= 0.6 is 11.6 Å². The summed E-state index contributed by atoms with van der Waals surface area (Å²) in [4.78, 5) is 24.8. The van der Waals surface area contributed by atoms with Crippen molar-refractivity contribution in [1.29, 1.82) is 0 Å². The number of ether oxygens (including phenoxy) is 3. The number of carbonyl (C=O) groups excluding carboxylic acids is 2. The fourth-order valence-electron chi connectivity index (χ4n) is 3.90. The van der Waals surface area contributed by atoms with Crippen molar-refractivity contribution >= 4 is 23.5 Å². The lowest BCUT2D eigenvalue weighted by Gasteiger charge is -2.11. The first-order chi connectivity index (χ1) is 18.9. The van der Waals surface area contributed by atoms with Gasteiger partial charge in [-0.25, -0.2) is 9.59 Å². The molecular weight excluding hydrogens is 512 g/mol. The number of rotatable bonds is 15. The Morgan fingerprint density at radius 1 is 0.769 bits per heavy atom. The lowest BCUT2D eigenvalue weighted by molar-refractivity contribution is 0.0447. The van der Waals surface area contributed by atoms with Gasteiger partial charge in [-0.1, -0.05) is 89.1 Å². The van der Waals surface area contributed by atoms with Gasteiger partial charge in [0.25, 0.3) is 0 Å². The van der Waals surface area contributed by atoms with Gasteiger partial charge in [-0.2, -0.15) is 0 Å². The molecule has 0 bridgehead atoms. The monoisotopic (exact) mass is 550 g/mol. The summed E-state index contributed by atoms with van der Waals surface area (Å²) in [6, 6.07) is 19.2. The van der Waals surface area contributed by atoms with Gasteiger partial charge >= 0.3 is 11.9 Å². The highest BCUT2D eigenvalue weighted by molar-refractivity contribution is 6.32. The maximum absolute atomic E-state index is 12.6. The number of carbonyl (C=O) groups is 2. The van der Waals surface area contributed by atoms with Crippen molar-refractivity contribution in [3.63, 3.8) is 0 Å². The first-order valence-electron chi connectivity index (χ1n) is 13.9. The van der Waals surface area contributed by atoms with Crippen LogP contribution in [0.15, 0.2) is 66.7 Å². The summed E-state index contributed by atoms with van der Waals surface area (Å²) in [5, 5.41) is 0.564. The highest BCUT2D eigenvalue weighted by atomic mass is 35.5. The van der Waals surface area contributed by atoms with E-state index in [-0.39, 0.29) is 5.97 Å². The standard InChI is InChI=1S/C33H39ClO5/c1-4-6-7-8-9-10-21-37-31-20-17-28(22-30(31)34)25-11-13-27(14-12-25)33(36)39-29-18-15-26(16-19-29)32(35)38-23-24(3)5-2/h11-20,22,24H,4-10,21,23H2,1-3H3/t24-/m0/s1. The van der Waals surface area contributed by atoms with Crippen molar-refractivity contribution in [1.82, 2.24) is 0 Å². The van der Waals surface area contributed by atoms with E-state index in [4.69, 9.17) is 25.8 Å². The largest absolute Gasteiger partial charge is 0.492 e. The predicted molar refractivity (Wildman–Crippen MR) is 157 cm³/mol. The Hall–Kier alpha value is -3.31. The van der Waals surface area contributed by atoms with Crippen LogP contribution in [0.5, 0.6) is 11.5 Å². The number of hydrogen-bond acceptors (Lipinski definition) is 5. The van der Waals surface area contributed by atoms with E-state index < -0.39 is 5.97 Å². The zero-order valence-electron chi connectivity index (χ0n) is 23.2. The molecule has 6 heteroatoms. The molecule has 1 atom stereocenters. The van der Waals surface area contributed by atoms with Crippen molar-refractivity contribution < 1.29 is 23.8 Å². The molecule has 0 fully saturated rings. The molecule has 0 aliphatic rings. The van der Waals surface area contributed by atoms with Crippen LogP contribution in [0.2, 0.25) is 5.02 Å². The molecule has 0 saturated carbocycles. The fourth-order valence-corrected chi connectivity index (χ4v) is 4.14. The third kappa shape index (κ3) is 9.74. The van der Waals surface area contributed by atoms with Gasteiger partial charge in [0.1, 0.15) is 11.5 Å². The first-order valence-corrected chi connectivity index (χ1v) is 14.3. The van der Waals surface area contributed by atoms with E-state index in [2.05, 4.69) is 13.8 Å². The van der Waals surface area contributed by atoms with Crippen LogP contribution in [0, 0.1) is 5.92 Å². The molecule has 0 spiro atoms. The van der Waals surface area contributed by atoms with Crippen molar-refractivity contribution in [2.75, 3.05) is 13.2 Å². The molecule has 0 aromatic heterocycles. The minimum atomic E-state index is -0.481. The van der Waals surface area contributed by atoms with E-state index in [0.717, 1.165) is 24.0 Å². The normalized spacial score (nSPS) is 11.6. The van der Waals surface area contributed by atoms with Gasteiger partial charge in [0, 0.05) is 0 Å². The molecule has 0 saturated heterocycles. The number of hydrogen-bond donors (Lipinski definition) is 0. The van der Waals surface area contributed by atoms with Crippen molar-refractivity contribution in [2.24, 2.45) is 5.92 Å². The van der Waals surface area contributed by atoms with Crippen LogP contribution in [-0.2, 0) is 4.74 Å². The predicted octanol–water partition coefficient (Wildman–Crippen LogP) is 9.17.